The van der Waals surface area contributed by atoms with Gasteiger partial charge in [-0.05, 0) is 47.2 Å². The van der Waals surface area contributed by atoms with Gasteiger partial charge in [-0.25, -0.2) is 4.98 Å². The van der Waals surface area contributed by atoms with E-state index in [4.69, 9.17) is 0 Å². The first kappa shape index (κ1) is 15.3. The largest absolute Gasteiger partial charge is 0.369 e. The fraction of sp³-hybridized carbons (Fsp3) is 0.600. The molecule has 0 bridgehead atoms. The van der Waals surface area contributed by atoms with E-state index in [-0.39, 0.29) is 5.91 Å². The zero-order valence-electron chi connectivity index (χ0n) is 11.9. The maximum atomic E-state index is 12.3. The Balaban J connectivity index is 2.00. The molecule has 1 aromatic rings. The molecule has 2 rings (SSSR count). The van der Waals surface area contributed by atoms with Crippen LogP contribution in [0.15, 0.2) is 16.7 Å². The van der Waals surface area contributed by atoms with E-state index in [0.717, 1.165) is 24.0 Å². The summed E-state index contributed by atoms with van der Waals surface area (Å²) in [5, 5.41) is 6.25. The van der Waals surface area contributed by atoms with Crippen molar-refractivity contribution in [1.29, 1.82) is 0 Å². The van der Waals surface area contributed by atoms with Crippen LogP contribution in [0.3, 0.4) is 0 Å². The van der Waals surface area contributed by atoms with Crippen molar-refractivity contribution in [3.05, 3.63) is 22.3 Å². The van der Waals surface area contributed by atoms with Gasteiger partial charge in [0.1, 0.15) is 5.82 Å². The van der Waals surface area contributed by atoms with Crippen LogP contribution in [-0.2, 0) is 0 Å². The second-order valence-electron chi connectivity index (χ2n) is 5.34. The summed E-state index contributed by atoms with van der Waals surface area (Å²) in [5.74, 6) is 1.27. The SMILES string of the molecule is CCCNc1ncc(Br)cc1C(=O)NCC1CCCC1. The van der Waals surface area contributed by atoms with E-state index < -0.39 is 0 Å². The van der Waals surface area contributed by atoms with Crippen LogP contribution in [0.4, 0.5) is 5.82 Å². The summed E-state index contributed by atoms with van der Waals surface area (Å²) in [4.78, 5) is 16.6. The van der Waals surface area contributed by atoms with Crippen LogP contribution < -0.4 is 10.6 Å². The van der Waals surface area contributed by atoms with Gasteiger partial charge in [-0.1, -0.05) is 19.8 Å². The molecule has 0 saturated heterocycles. The van der Waals surface area contributed by atoms with Gasteiger partial charge in [-0.2, -0.15) is 0 Å². The number of hydrogen-bond donors (Lipinski definition) is 2. The van der Waals surface area contributed by atoms with Crippen LogP contribution in [0.25, 0.3) is 0 Å². The van der Waals surface area contributed by atoms with Crippen molar-refractivity contribution in [1.82, 2.24) is 10.3 Å². The third kappa shape index (κ3) is 4.20. The molecule has 0 spiro atoms. The first-order valence-corrected chi connectivity index (χ1v) is 8.17. The minimum Gasteiger partial charge on any atom is -0.369 e. The molecule has 1 fully saturated rings. The zero-order valence-corrected chi connectivity index (χ0v) is 13.5. The molecular formula is C15H22BrN3O. The first-order valence-electron chi connectivity index (χ1n) is 7.38. The third-order valence-electron chi connectivity index (χ3n) is 3.67. The quantitative estimate of drug-likeness (QED) is 0.832. The van der Waals surface area contributed by atoms with Crippen molar-refractivity contribution in [3.8, 4) is 0 Å². The predicted molar refractivity (Wildman–Crippen MR) is 85.0 cm³/mol. The van der Waals surface area contributed by atoms with Crippen molar-refractivity contribution < 1.29 is 4.79 Å². The lowest BCUT2D eigenvalue weighted by atomic mass is 10.1. The predicted octanol–water partition coefficient (Wildman–Crippen LogP) is 3.59. The fourth-order valence-corrected chi connectivity index (χ4v) is 2.87. The lowest BCUT2D eigenvalue weighted by Crippen LogP contribution is -2.29. The lowest BCUT2D eigenvalue weighted by Gasteiger charge is -2.13. The topological polar surface area (TPSA) is 54.0 Å². The summed E-state index contributed by atoms with van der Waals surface area (Å²) in [6.45, 7) is 3.68. The van der Waals surface area contributed by atoms with E-state index in [0.29, 0.717) is 17.3 Å². The molecule has 4 nitrogen and oxygen atoms in total. The summed E-state index contributed by atoms with van der Waals surface area (Å²) in [6.07, 6.45) is 7.77. The molecule has 1 aliphatic carbocycles. The minimum atomic E-state index is -0.0377. The number of hydrogen-bond acceptors (Lipinski definition) is 3. The van der Waals surface area contributed by atoms with E-state index in [2.05, 4.69) is 38.5 Å². The van der Waals surface area contributed by atoms with Gasteiger partial charge in [0, 0.05) is 23.8 Å². The minimum absolute atomic E-state index is 0.0377. The molecule has 1 saturated carbocycles. The summed E-state index contributed by atoms with van der Waals surface area (Å²) < 4.78 is 0.825. The Hall–Kier alpha value is -1.10. The Morgan fingerprint density at radius 3 is 2.90 bits per heavy atom. The fourth-order valence-electron chi connectivity index (χ4n) is 2.54. The van der Waals surface area contributed by atoms with Gasteiger partial charge >= 0.3 is 0 Å². The van der Waals surface area contributed by atoms with Crippen molar-refractivity contribution in [3.63, 3.8) is 0 Å². The van der Waals surface area contributed by atoms with Crippen molar-refractivity contribution >= 4 is 27.7 Å². The van der Waals surface area contributed by atoms with E-state index in [1.54, 1.807) is 6.20 Å². The van der Waals surface area contributed by atoms with Gasteiger partial charge in [0.05, 0.1) is 5.56 Å². The Bertz CT molecular complexity index is 458. The number of anilines is 1. The molecule has 5 heteroatoms. The van der Waals surface area contributed by atoms with Gasteiger partial charge < -0.3 is 10.6 Å². The average Bonchev–Trinajstić information content (AvgIpc) is 2.96. The maximum absolute atomic E-state index is 12.3. The van der Waals surface area contributed by atoms with Crippen molar-refractivity contribution in [2.24, 2.45) is 5.92 Å². The number of nitrogens with zero attached hydrogens (tertiary/aromatic N) is 1. The Morgan fingerprint density at radius 1 is 1.45 bits per heavy atom. The molecule has 0 aromatic carbocycles. The van der Waals surface area contributed by atoms with Crippen LogP contribution in [0.2, 0.25) is 0 Å². The maximum Gasteiger partial charge on any atom is 0.255 e. The second kappa shape index (κ2) is 7.62. The average molecular weight is 340 g/mol. The number of amides is 1. The number of pyridine rings is 1. The molecule has 2 N–H and O–H groups in total. The summed E-state index contributed by atoms with van der Waals surface area (Å²) in [7, 11) is 0. The van der Waals surface area contributed by atoms with Crippen LogP contribution >= 0.6 is 15.9 Å². The van der Waals surface area contributed by atoms with Crippen molar-refractivity contribution in [2.45, 2.75) is 39.0 Å². The first-order chi connectivity index (χ1) is 9.70. The molecule has 0 radical (unpaired) electrons. The van der Waals surface area contributed by atoms with Crippen LogP contribution in [0.1, 0.15) is 49.4 Å². The van der Waals surface area contributed by atoms with Crippen LogP contribution in [0, 0.1) is 5.92 Å². The summed E-state index contributed by atoms with van der Waals surface area (Å²) in [6, 6.07) is 1.83. The summed E-state index contributed by atoms with van der Waals surface area (Å²) in [5.41, 5.74) is 0.617. The van der Waals surface area contributed by atoms with Crippen LogP contribution in [-0.4, -0.2) is 24.0 Å². The molecule has 20 heavy (non-hydrogen) atoms. The van der Waals surface area contributed by atoms with E-state index >= 15 is 0 Å². The normalized spacial score (nSPS) is 15.3. The van der Waals surface area contributed by atoms with Gasteiger partial charge in [0.15, 0.2) is 0 Å². The molecular weight excluding hydrogens is 318 g/mol. The molecule has 0 unspecified atom stereocenters. The number of rotatable bonds is 6. The van der Waals surface area contributed by atoms with Gasteiger partial charge in [-0.3, -0.25) is 4.79 Å². The third-order valence-corrected chi connectivity index (χ3v) is 4.10. The molecule has 0 aliphatic heterocycles. The monoisotopic (exact) mass is 339 g/mol. The zero-order chi connectivity index (χ0) is 14.4. The van der Waals surface area contributed by atoms with E-state index in [9.17, 15) is 4.79 Å². The highest BCUT2D eigenvalue weighted by Crippen LogP contribution is 2.24. The number of nitrogens with one attached hydrogen (secondary N) is 2. The Kier molecular flexibility index (Phi) is 5.83. The molecule has 1 aliphatic rings. The standard InChI is InChI=1S/C15H22BrN3O/c1-2-7-17-14-13(8-12(16)10-18-14)15(20)19-9-11-5-3-4-6-11/h8,10-11H,2-7,9H2,1H3,(H,17,18)(H,19,20). The molecule has 0 atom stereocenters. The summed E-state index contributed by atoms with van der Waals surface area (Å²) >= 11 is 3.38. The molecule has 110 valence electrons. The van der Waals surface area contributed by atoms with E-state index in [1.165, 1.54) is 25.7 Å². The highest BCUT2D eigenvalue weighted by atomic mass is 79.9. The highest BCUT2D eigenvalue weighted by molar-refractivity contribution is 9.10. The second-order valence-corrected chi connectivity index (χ2v) is 6.25. The number of carbonyl (C=O) groups is 1. The van der Waals surface area contributed by atoms with Crippen LogP contribution in [0.5, 0.6) is 0 Å². The lowest BCUT2D eigenvalue weighted by molar-refractivity contribution is 0.0948. The highest BCUT2D eigenvalue weighted by Gasteiger charge is 2.18. The smallest absolute Gasteiger partial charge is 0.255 e. The number of carbonyl (C=O) groups excluding carboxylic acids is 1. The molecule has 1 heterocycles. The molecule has 1 amide bonds. The number of aromatic nitrogens is 1. The molecule has 1 aromatic heterocycles. The van der Waals surface area contributed by atoms with E-state index in [1.807, 2.05) is 6.07 Å². The number of halogens is 1. The Labute approximate surface area is 128 Å². The van der Waals surface area contributed by atoms with Gasteiger partial charge in [-0.15, -0.1) is 0 Å². The Morgan fingerprint density at radius 2 is 2.20 bits per heavy atom. The van der Waals surface area contributed by atoms with Crippen molar-refractivity contribution in [2.75, 3.05) is 18.4 Å². The van der Waals surface area contributed by atoms with Gasteiger partial charge in [0.25, 0.3) is 5.91 Å². The van der Waals surface area contributed by atoms with Gasteiger partial charge in [0.2, 0.25) is 0 Å².